The largest absolute Gasteiger partial charge is 0.461 e. The van der Waals surface area contributed by atoms with E-state index in [4.69, 9.17) is 16.9 Å². The molecule has 0 aromatic carbocycles. The van der Waals surface area contributed by atoms with Gasteiger partial charge in [0.15, 0.2) is 6.10 Å². The van der Waals surface area contributed by atoms with Gasteiger partial charge in [0, 0.05) is 0 Å². The Bertz CT molecular complexity index is 529. The molecule has 0 bridgehead atoms. The Balaban J connectivity index is 2.49. The van der Waals surface area contributed by atoms with Gasteiger partial charge in [-0.3, -0.25) is 0 Å². The normalized spacial score (nSPS) is 12.3. The highest BCUT2D eigenvalue weighted by Gasteiger charge is 2.10. The van der Waals surface area contributed by atoms with Crippen molar-refractivity contribution in [2.24, 2.45) is 0 Å². The molecular weight excluding hydrogens is 210 g/mol. The minimum Gasteiger partial charge on any atom is -0.461 e. The Kier molecular flexibility index (Phi) is 2.44. The maximum absolute atomic E-state index is 5.55. The lowest BCUT2D eigenvalue weighted by atomic mass is 10.4. The lowest BCUT2D eigenvalue weighted by molar-refractivity contribution is 0.272. The van der Waals surface area contributed by atoms with Crippen molar-refractivity contribution in [1.29, 1.82) is 0 Å². The highest BCUT2D eigenvalue weighted by atomic mass is 32.1. The van der Waals surface area contributed by atoms with E-state index in [0.29, 0.717) is 5.88 Å². The van der Waals surface area contributed by atoms with Crippen LogP contribution in [0.1, 0.15) is 6.92 Å². The lowest BCUT2D eigenvalue weighted by Gasteiger charge is -2.08. The van der Waals surface area contributed by atoms with Crippen LogP contribution in [0.15, 0.2) is 11.4 Å². The van der Waals surface area contributed by atoms with Crippen LogP contribution in [0.5, 0.6) is 5.88 Å². The second-order valence-electron chi connectivity index (χ2n) is 2.95. The average molecular weight is 219 g/mol. The molecule has 0 aliphatic heterocycles. The summed E-state index contributed by atoms with van der Waals surface area (Å²) in [7, 11) is 0. The van der Waals surface area contributed by atoms with Crippen molar-refractivity contribution in [3.8, 4) is 18.2 Å². The van der Waals surface area contributed by atoms with Crippen molar-refractivity contribution in [3.05, 3.63) is 11.4 Å². The van der Waals surface area contributed by atoms with Crippen molar-refractivity contribution in [1.82, 2.24) is 9.97 Å². The molecule has 1 unspecified atom stereocenters. The minimum atomic E-state index is -0.331. The number of nitrogen functional groups attached to an aromatic ring is 1. The fraction of sp³-hybridized carbons (Fsp3) is 0.200. The van der Waals surface area contributed by atoms with Crippen LogP contribution >= 0.6 is 11.3 Å². The Hall–Kier alpha value is -1.80. The Morgan fingerprint density at radius 1 is 1.60 bits per heavy atom. The van der Waals surface area contributed by atoms with Crippen LogP contribution in [-0.2, 0) is 0 Å². The number of hydrogen-bond donors (Lipinski definition) is 1. The molecule has 15 heavy (non-hydrogen) atoms. The Labute approximate surface area is 91.1 Å². The Morgan fingerprint density at radius 3 is 3.13 bits per heavy atom. The maximum Gasteiger partial charge on any atom is 0.228 e. The highest BCUT2D eigenvalue weighted by molar-refractivity contribution is 7.16. The number of aromatic nitrogens is 2. The van der Waals surface area contributed by atoms with Crippen LogP contribution in [-0.4, -0.2) is 16.1 Å². The number of rotatable bonds is 2. The zero-order valence-corrected chi connectivity index (χ0v) is 8.91. The molecule has 2 aromatic rings. The first-order valence-electron chi connectivity index (χ1n) is 4.34. The van der Waals surface area contributed by atoms with Crippen molar-refractivity contribution < 1.29 is 4.74 Å². The van der Waals surface area contributed by atoms with Gasteiger partial charge in [0.05, 0.1) is 5.39 Å². The van der Waals surface area contributed by atoms with Crippen molar-refractivity contribution in [3.63, 3.8) is 0 Å². The minimum absolute atomic E-state index is 0.198. The van der Waals surface area contributed by atoms with E-state index in [1.165, 1.54) is 11.3 Å². The van der Waals surface area contributed by atoms with Gasteiger partial charge in [-0.15, -0.1) is 17.8 Å². The molecule has 0 saturated heterocycles. The molecule has 2 heterocycles. The Morgan fingerprint density at radius 2 is 2.40 bits per heavy atom. The van der Waals surface area contributed by atoms with E-state index in [9.17, 15) is 0 Å². The second kappa shape index (κ2) is 3.75. The third kappa shape index (κ3) is 1.85. The number of hydrogen-bond acceptors (Lipinski definition) is 5. The van der Waals surface area contributed by atoms with Crippen molar-refractivity contribution in [2.75, 3.05) is 5.73 Å². The summed E-state index contributed by atoms with van der Waals surface area (Å²) in [5.41, 5.74) is 5.55. The first kappa shape index (κ1) is 9.74. The highest BCUT2D eigenvalue weighted by Crippen LogP contribution is 2.27. The summed E-state index contributed by atoms with van der Waals surface area (Å²) in [6.07, 6.45) is 4.90. The monoisotopic (exact) mass is 219 g/mol. The molecule has 0 aliphatic carbocycles. The van der Waals surface area contributed by atoms with E-state index in [2.05, 4.69) is 15.9 Å². The SMILES string of the molecule is C#CC(C)Oc1nc(N)nc2sccc12. The quantitative estimate of drug-likeness (QED) is 0.780. The molecular formula is C10H9N3OS. The smallest absolute Gasteiger partial charge is 0.228 e. The van der Waals surface area contributed by atoms with Crippen LogP contribution in [0.4, 0.5) is 5.95 Å². The van der Waals surface area contributed by atoms with Gasteiger partial charge in [0.1, 0.15) is 4.83 Å². The van der Waals surface area contributed by atoms with Gasteiger partial charge in [0.25, 0.3) is 0 Å². The van der Waals surface area contributed by atoms with Crippen molar-refractivity contribution >= 4 is 27.5 Å². The van der Waals surface area contributed by atoms with E-state index < -0.39 is 0 Å². The molecule has 0 spiro atoms. The van der Waals surface area contributed by atoms with Gasteiger partial charge < -0.3 is 10.5 Å². The molecule has 76 valence electrons. The van der Waals surface area contributed by atoms with E-state index in [0.717, 1.165) is 10.2 Å². The number of fused-ring (bicyclic) bond motifs is 1. The van der Waals surface area contributed by atoms with Gasteiger partial charge in [-0.1, -0.05) is 5.92 Å². The van der Waals surface area contributed by atoms with Crippen LogP contribution in [0.3, 0.4) is 0 Å². The molecule has 4 nitrogen and oxygen atoms in total. The number of terminal acetylenes is 1. The first-order chi connectivity index (χ1) is 7.20. The van der Waals surface area contributed by atoms with Crippen LogP contribution < -0.4 is 10.5 Å². The summed E-state index contributed by atoms with van der Waals surface area (Å²) in [4.78, 5) is 8.91. The van der Waals surface area contributed by atoms with Crippen LogP contribution in [0, 0.1) is 12.3 Å². The number of nitrogens with zero attached hydrogens (tertiary/aromatic N) is 2. The summed E-state index contributed by atoms with van der Waals surface area (Å²) in [5, 5.41) is 2.75. The third-order valence-electron chi connectivity index (χ3n) is 1.83. The van der Waals surface area contributed by atoms with Gasteiger partial charge in [-0.2, -0.15) is 4.98 Å². The number of ether oxygens (including phenoxy) is 1. The summed E-state index contributed by atoms with van der Waals surface area (Å²) in [6.45, 7) is 1.77. The molecule has 0 amide bonds. The van der Waals surface area contributed by atoms with E-state index in [-0.39, 0.29) is 12.1 Å². The second-order valence-corrected chi connectivity index (χ2v) is 3.85. The first-order valence-corrected chi connectivity index (χ1v) is 5.22. The predicted octanol–water partition coefficient (Wildman–Crippen LogP) is 1.67. The zero-order valence-electron chi connectivity index (χ0n) is 8.10. The standard InChI is InChI=1S/C10H9N3OS/c1-3-6(2)14-8-7-4-5-15-9(7)13-10(11)12-8/h1,4-6H,2H3,(H2,11,12,13). The fourth-order valence-electron chi connectivity index (χ4n) is 1.14. The predicted molar refractivity (Wildman–Crippen MR) is 60.8 cm³/mol. The number of anilines is 1. The molecule has 0 fully saturated rings. The van der Waals surface area contributed by atoms with Gasteiger partial charge in [-0.05, 0) is 18.4 Å². The summed E-state index contributed by atoms with van der Waals surface area (Å²) in [6, 6.07) is 1.89. The fourth-order valence-corrected chi connectivity index (χ4v) is 1.90. The van der Waals surface area contributed by atoms with Gasteiger partial charge >= 0.3 is 0 Å². The molecule has 0 saturated carbocycles. The summed E-state index contributed by atoms with van der Waals surface area (Å²) in [5.74, 6) is 3.12. The molecule has 0 aliphatic rings. The van der Waals surface area contributed by atoms with E-state index in [1.807, 2.05) is 11.4 Å². The zero-order chi connectivity index (χ0) is 10.8. The lowest BCUT2D eigenvalue weighted by Crippen LogP contribution is -2.10. The topological polar surface area (TPSA) is 61.0 Å². The molecule has 2 N–H and O–H groups in total. The third-order valence-corrected chi connectivity index (χ3v) is 2.64. The number of thiophene rings is 1. The molecule has 1 atom stereocenters. The van der Waals surface area contributed by atoms with E-state index >= 15 is 0 Å². The molecule has 2 aromatic heterocycles. The van der Waals surface area contributed by atoms with Gasteiger partial charge in [0.2, 0.25) is 11.8 Å². The number of nitrogens with two attached hydrogens (primary N) is 1. The maximum atomic E-state index is 5.55. The van der Waals surface area contributed by atoms with E-state index in [1.54, 1.807) is 6.92 Å². The van der Waals surface area contributed by atoms with Crippen LogP contribution in [0.25, 0.3) is 10.2 Å². The summed E-state index contributed by atoms with van der Waals surface area (Å²) >= 11 is 1.49. The summed E-state index contributed by atoms with van der Waals surface area (Å²) < 4.78 is 5.46. The van der Waals surface area contributed by atoms with Gasteiger partial charge in [-0.25, -0.2) is 4.98 Å². The molecule has 0 radical (unpaired) electrons. The molecule has 2 rings (SSSR count). The average Bonchev–Trinajstić information content (AvgIpc) is 2.65. The van der Waals surface area contributed by atoms with Crippen molar-refractivity contribution in [2.45, 2.75) is 13.0 Å². The van der Waals surface area contributed by atoms with Crippen LogP contribution in [0.2, 0.25) is 0 Å². The molecule has 5 heteroatoms.